The molecule has 1 amide bonds. The molecule has 0 aliphatic heterocycles. The van der Waals surface area contributed by atoms with Gasteiger partial charge in [0.2, 0.25) is 0 Å². The molecular formula is C18H18N6OS. The number of carbonyl (C=O) groups is 1. The van der Waals surface area contributed by atoms with Crippen molar-refractivity contribution in [2.24, 2.45) is 0 Å². The fourth-order valence-electron chi connectivity index (χ4n) is 2.92. The Hall–Kier alpha value is -2.87. The number of carbonyl (C=O) groups excluding carboxylic acids is 1. The minimum Gasteiger partial charge on any atom is -0.345 e. The Kier molecular flexibility index (Phi) is 4.57. The summed E-state index contributed by atoms with van der Waals surface area (Å²) in [7, 11) is 0. The normalized spacial score (nSPS) is 12.5. The monoisotopic (exact) mass is 366 g/mol. The zero-order valence-corrected chi connectivity index (χ0v) is 15.0. The largest absolute Gasteiger partial charge is 0.345 e. The van der Waals surface area contributed by atoms with Crippen molar-refractivity contribution in [1.29, 1.82) is 0 Å². The standard InChI is InChI=1S/C18H18N6OS/c1-26-9-7-14(17-23-22-16-4-2-3-8-24(16)17)21-18(25)12-5-6-13-15(10-12)20-11-19-13/h2-6,8,10-11,14H,7,9H2,1H3,(H,19,20)(H,21,25). The predicted octanol–water partition coefficient (Wildman–Crippen LogP) is 2.83. The number of thioether (sulfide) groups is 1. The maximum atomic E-state index is 12.8. The molecule has 4 aromatic rings. The van der Waals surface area contributed by atoms with E-state index in [4.69, 9.17) is 0 Å². The van der Waals surface area contributed by atoms with Crippen LogP contribution in [-0.2, 0) is 0 Å². The number of nitrogens with zero attached hydrogens (tertiary/aromatic N) is 4. The highest BCUT2D eigenvalue weighted by atomic mass is 32.2. The zero-order valence-electron chi connectivity index (χ0n) is 14.2. The number of aromatic nitrogens is 5. The maximum Gasteiger partial charge on any atom is 0.251 e. The molecule has 0 saturated heterocycles. The lowest BCUT2D eigenvalue weighted by atomic mass is 10.1. The van der Waals surface area contributed by atoms with Crippen molar-refractivity contribution in [3.05, 3.63) is 60.3 Å². The summed E-state index contributed by atoms with van der Waals surface area (Å²) in [5.74, 6) is 1.51. The summed E-state index contributed by atoms with van der Waals surface area (Å²) in [4.78, 5) is 20.0. The number of rotatable bonds is 6. The van der Waals surface area contributed by atoms with Gasteiger partial charge in [-0.05, 0) is 48.8 Å². The molecule has 0 fully saturated rings. The summed E-state index contributed by atoms with van der Waals surface area (Å²) in [5.41, 5.74) is 3.03. The van der Waals surface area contributed by atoms with Crippen molar-refractivity contribution in [1.82, 2.24) is 29.9 Å². The Morgan fingerprint density at radius 2 is 2.23 bits per heavy atom. The van der Waals surface area contributed by atoms with Crippen LogP contribution in [0.5, 0.6) is 0 Å². The molecule has 26 heavy (non-hydrogen) atoms. The van der Waals surface area contributed by atoms with Crippen LogP contribution in [0.3, 0.4) is 0 Å². The molecule has 0 aliphatic rings. The van der Waals surface area contributed by atoms with Gasteiger partial charge >= 0.3 is 0 Å². The molecule has 8 heteroatoms. The molecule has 0 spiro atoms. The summed E-state index contributed by atoms with van der Waals surface area (Å²) < 4.78 is 1.92. The van der Waals surface area contributed by atoms with Crippen molar-refractivity contribution >= 4 is 34.3 Å². The van der Waals surface area contributed by atoms with E-state index < -0.39 is 0 Å². The average molecular weight is 366 g/mol. The van der Waals surface area contributed by atoms with Gasteiger partial charge in [-0.25, -0.2) is 4.98 Å². The van der Waals surface area contributed by atoms with E-state index in [0.717, 1.165) is 34.7 Å². The molecule has 0 saturated carbocycles. The van der Waals surface area contributed by atoms with Crippen LogP contribution in [0.2, 0.25) is 0 Å². The van der Waals surface area contributed by atoms with Crippen LogP contribution in [0.1, 0.15) is 28.6 Å². The van der Waals surface area contributed by atoms with E-state index in [9.17, 15) is 4.79 Å². The Labute approximate surface area is 154 Å². The predicted molar refractivity (Wildman–Crippen MR) is 102 cm³/mol. The highest BCUT2D eigenvalue weighted by molar-refractivity contribution is 7.98. The van der Waals surface area contributed by atoms with Gasteiger partial charge in [0.25, 0.3) is 5.91 Å². The summed E-state index contributed by atoms with van der Waals surface area (Å²) >= 11 is 1.74. The Bertz CT molecular complexity index is 1060. The minimum atomic E-state index is -0.218. The summed E-state index contributed by atoms with van der Waals surface area (Å²) in [6, 6.07) is 11.0. The van der Waals surface area contributed by atoms with Crippen LogP contribution in [0.4, 0.5) is 0 Å². The summed E-state index contributed by atoms with van der Waals surface area (Å²) in [6.45, 7) is 0. The van der Waals surface area contributed by atoms with Crippen LogP contribution in [0, 0.1) is 0 Å². The van der Waals surface area contributed by atoms with E-state index in [-0.39, 0.29) is 11.9 Å². The first-order chi connectivity index (χ1) is 12.8. The molecule has 3 heterocycles. The van der Waals surface area contributed by atoms with Gasteiger partial charge in [-0.15, -0.1) is 10.2 Å². The molecule has 1 aromatic carbocycles. The highest BCUT2D eigenvalue weighted by Gasteiger charge is 2.21. The minimum absolute atomic E-state index is 0.139. The number of H-pyrrole nitrogens is 1. The number of hydrogen-bond donors (Lipinski definition) is 2. The van der Waals surface area contributed by atoms with E-state index in [0.29, 0.717) is 5.56 Å². The first-order valence-electron chi connectivity index (χ1n) is 8.29. The number of benzene rings is 1. The average Bonchev–Trinajstić information content (AvgIpc) is 3.31. The van der Waals surface area contributed by atoms with Crippen LogP contribution in [0.15, 0.2) is 48.9 Å². The van der Waals surface area contributed by atoms with E-state index in [1.54, 1.807) is 24.2 Å². The second kappa shape index (κ2) is 7.17. The molecule has 1 unspecified atom stereocenters. The summed E-state index contributed by atoms with van der Waals surface area (Å²) in [5, 5.41) is 11.6. The zero-order chi connectivity index (χ0) is 17.9. The topological polar surface area (TPSA) is 88.0 Å². The second-order valence-electron chi connectivity index (χ2n) is 5.93. The molecule has 1 atom stereocenters. The molecule has 0 bridgehead atoms. The van der Waals surface area contributed by atoms with Crippen LogP contribution in [0.25, 0.3) is 16.7 Å². The molecule has 2 N–H and O–H groups in total. The quantitative estimate of drug-likeness (QED) is 0.548. The third-order valence-corrected chi connectivity index (χ3v) is 4.89. The number of hydrogen-bond acceptors (Lipinski definition) is 5. The van der Waals surface area contributed by atoms with Crippen molar-refractivity contribution in [2.75, 3.05) is 12.0 Å². The number of amides is 1. The molecule has 7 nitrogen and oxygen atoms in total. The van der Waals surface area contributed by atoms with Crippen molar-refractivity contribution in [2.45, 2.75) is 12.5 Å². The first kappa shape index (κ1) is 16.6. The van der Waals surface area contributed by atoms with Crippen LogP contribution < -0.4 is 5.32 Å². The first-order valence-corrected chi connectivity index (χ1v) is 9.68. The lowest BCUT2D eigenvalue weighted by Gasteiger charge is -2.17. The van der Waals surface area contributed by atoms with Crippen LogP contribution in [-0.4, -0.2) is 42.5 Å². The van der Waals surface area contributed by atoms with Gasteiger partial charge in [0.15, 0.2) is 11.5 Å². The molecule has 132 valence electrons. The van der Waals surface area contributed by atoms with Gasteiger partial charge < -0.3 is 10.3 Å². The van der Waals surface area contributed by atoms with Gasteiger partial charge in [-0.3, -0.25) is 9.20 Å². The number of aromatic amines is 1. The van der Waals surface area contributed by atoms with E-state index in [1.165, 1.54) is 0 Å². The summed E-state index contributed by atoms with van der Waals surface area (Å²) in [6.07, 6.45) is 6.36. The van der Waals surface area contributed by atoms with Crippen LogP contribution >= 0.6 is 11.8 Å². The van der Waals surface area contributed by atoms with E-state index in [2.05, 4.69) is 25.5 Å². The fourth-order valence-corrected chi connectivity index (χ4v) is 3.39. The fraction of sp³-hybridized carbons (Fsp3) is 0.222. The SMILES string of the molecule is CSCCC(NC(=O)c1ccc2nc[nH]c2c1)c1nnc2ccccn12. The lowest BCUT2D eigenvalue weighted by Crippen LogP contribution is -2.30. The molecule has 4 rings (SSSR count). The highest BCUT2D eigenvalue weighted by Crippen LogP contribution is 2.20. The number of pyridine rings is 1. The molecule has 0 aliphatic carbocycles. The number of fused-ring (bicyclic) bond motifs is 2. The Balaban J connectivity index is 1.63. The van der Waals surface area contributed by atoms with Gasteiger partial charge in [-0.2, -0.15) is 11.8 Å². The maximum absolute atomic E-state index is 12.8. The van der Waals surface area contributed by atoms with Gasteiger partial charge in [0.05, 0.1) is 23.4 Å². The second-order valence-corrected chi connectivity index (χ2v) is 6.91. The third-order valence-electron chi connectivity index (χ3n) is 4.25. The molecule has 3 aromatic heterocycles. The van der Waals surface area contributed by atoms with Gasteiger partial charge in [-0.1, -0.05) is 6.07 Å². The Morgan fingerprint density at radius 3 is 3.12 bits per heavy atom. The van der Waals surface area contributed by atoms with Gasteiger partial charge in [0, 0.05) is 11.8 Å². The van der Waals surface area contributed by atoms with Crippen molar-refractivity contribution < 1.29 is 4.79 Å². The van der Waals surface area contributed by atoms with E-state index >= 15 is 0 Å². The molecular weight excluding hydrogens is 348 g/mol. The number of imidazole rings is 1. The van der Waals surface area contributed by atoms with Crippen molar-refractivity contribution in [3.63, 3.8) is 0 Å². The Morgan fingerprint density at radius 1 is 1.31 bits per heavy atom. The van der Waals surface area contributed by atoms with E-state index in [1.807, 2.05) is 47.2 Å². The van der Waals surface area contributed by atoms with Gasteiger partial charge in [0.1, 0.15) is 0 Å². The van der Waals surface area contributed by atoms with Crippen molar-refractivity contribution in [3.8, 4) is 0 Å². The lowest BCUT2D eigenvalue weighted by molar-refractivity contribution is 0.0934. The number of nitrogens with one attached hydrogen (secondary N) is 2. The third kappa shape index (κ3) is 3.15. The molecule has 0 radical (unpaired) electrons. The smallest absolute Gasteiger partial charge is 0.251 e.